The summed E-state index contributed by atoms with van der Waals surface area (Å²) < 4.78 is 27.5. The van der Waals surface area contributed by atoms with Gasteiger partial charge in [-0.25, -0.2) is 8.42 Å². The van der Waals surface area contributed by atoms with Crippen LogP contribution >= 0.6 is 11.6 Å². The van der Waals surface area contributed by atoms with Crippen LogP contribution in [0, 0.1) is 5.92 Å². The summed E-state index contributed by atoms with van der Waals surface area (Å²) in [6.45, 7) is 2.30. The molecule has 7 nitrogen and oxygen atoms in total. The van der Waals surface area contributed by atoms with Gasteiger partial charge < -0.3 is 10.6 Å². The van der Waals surface area contributed by atoms with E-state index >= 15 is 0 Å². The highest BCUT2D eigenvalue weighted by molar-refractivity contribution is 7.89. The minimum Gasteiger partial charge on any atom is -0.345 e. The molecule has 3 aromatic carbocycles. The monoisotopic (exact) mass is 525 g/mol. The molecule has 0 unspecified atom stereocenters. The molecule has 9 heteroatoms. The number of sulfonamides is 1. The van der Waals surface area contributed by atoms with Crippen molar-refractivity contribution in [2.45, 2.75) is 30.7 Å². The molecule has 1 heterocycles. The van der Waals surface area contributed by atoms with Gasteiger partial charge in [-0.15, -0.1) is 0 Å². The van der Waals surface area contributed by atoms with Gasteiger partial charge in [-0.1, -0.05) is 54.1 Å². The lowest BCUT2D eigenvalue weighted by molar-refractivity contribution is -0.120. The number of benzene rings is 3. The van der Waals surface area contributed by atoms with Crippen LogP contribution in [-0.4, -0.2) is 37.6 Å². The first-order valence-electron chi connectivity index (χ1n) is 11.8. The van der Waals surface area contributed by atoms with Crippen LogP contribution in [0.5, 0.6) is 0 Å². The van der Waals surface area contributed by atoms with Gasteiger partial charge in [-0.2, -0.15) is 4.31 Å². The molecule has 0 spiro atoms. The quantitative estimate of drug-likeness (QED) is 0.460. The average molecular weight is 526 g/mol. The molecule has 3 aromatic rings. The van der Waals surface area contributed by atoms with E-state index in [0.717, 1.165) is 5.56 Å². The molecule has 2 atom stereocenters. The molecule has 188 valence electrons. The molecule has 1 aliphatic heterocycles. The third-order valence-electron chi connectivity index (χ3n) is 6.28. The van der Waals surface area contributed by atoms with Crippen LogP contribution in [0.25, 0.3) is 0 Å². The van der Waals surface area contributed by atoms with Crippen LogP contribution in [0.1, 0.15) is 41.7 Å². The highest BCUT2D eigenvalue weighted by Crippen LogP contribution is 2.26. The number of rotatable bonds is 7. The van der Waals surface area contributed by atoms with Gasteiger partial charge >= 0.3 is 0 Å². The van der Waals surface area contributed by atoms with E-state index in [-0.39, 0.29) is 29.3 Å². The molecule has 0 saturated carbocycles. The second-order valence-electron chi connectivity index (χ2n) is 8.80. The Labute approximate surface area is 216 Å². The van der Waals surface area contributed by atoms with E-state index in [1.165, 1.54) is 28.6 Å². The minimum absolute atomic E-state index is 0.0657. The molecule has 36 heavy (non-hydrogen) atoms. The lowest BCUT2D eigenvalue weighted by Crippen LogP contribution is -2.43. The van der Waals surface area contributed by atoms with E-state index in [1.807, 2.05) is 37.3 Å². The van der Waals surface area contributed by atoms with Gasteiger partial charge in [0.2, 0.25) is 15.9 Å². The zero-order chi connectivity index (χ0) is 25.7. The fourth-order valence-corrected chi connectivity index (χ4v) is 5.90. The maximum Gasteiger partial charge on any atom is 0.253 e. The number of hydrogen-bond acceptors (Lipinski definition) is 4. The molecule has 4 rings (SSSR count). The van der Waals surface area contributed by atoms with Crippen LogP contribution in [0.15, 0.2) is 83.8 Å². The topological polar surface area (TPSA) is 95.6 Å². The summed E-state index contributed by atoms with van der Waals surface area (Å²) in [6, 6.07) is 22.2. The summed E-state index contributed by atoms with van der Waals surface area (Å²) in [6.07, 6.45) is 1.11. The van der Waals surface area contributed by atoms with Crippen molar-refractivity contribution in [1.29, 1.82) is 0 Å². The summed E-state index contributed by atoms with van der Waals surface area (Å²) in [4.78, 5) is 26.3. The molecule has 0 radical (unpaired) electrons. The van der Waals surface area contributed by atoms with Gasteiger partial charge in [-0.05, 0) is 61.7 Å². The number of amides is 2. The molecule has 2 amide bonds. The van der Waals surface area contributed by atoms with Crippen LogP contribution in [0.4, 0.5) is 5.69 Å². The standard InChI is InChI=1S/C27H28ClN3O4S/c1-19(20-8-3-2-4-9-20)29-27(33)24-11-5-6-12-25(24)30-26(32)21-10-7-17-31(18-21)36(34,35)23-15-13-22(28)14-16-23/h2-6,8-9,11-16,19,21H,7,10,17-18H2,1H3,(H,29,33)(H,30,32)/t19-,21-/m1/s1. The third-order valence-corrected chi connectivity index (χ3v) is 8.41. The summed E-state index contributed by atoms with van der Waals surface area (Å²) in [5.41, 5.74) is 1.70. The number of nitrogens with zero attached hydrogens (tertiary/aromatic N) is 1. The third kappa shape index (κ3) is 5.95. The molecule has 2 N–H and O–H groups in total. The summed E-state index contributed by atoms with van der Waals surface area (Å²) in [7, 11) is -3.75. The Morgan fingerprint density at radius 2 is 1.64 bits per heavy atom. The zero-order valence-corrected chi connectivity index (χ0v) is 21.4. The number of carbonyl (C=O) groups excluding carboxylic acids is 2. The van der Waals surface area contributed by atoms with Crippen molar-refractivity contribution in [1.82, 2.24) is 9.62 Å². The van der Waals surface area contributed by atoms with E-state index in [2.05, 4.69) is 10.6 Å². The van der Waals surface area contributed by atoms with Crippen molar-refractivity contribution < 1.29 is 18.0 Å². The van der Waals surface area contributed by atoms with Crippen molar-refractivity contribution >= 4 is 39.1 Å². The Morgan fingerprint density at radius 1 is 0.972 bits per heavy atom. The number of hydrogen-bond donors (Lipinski definition) is 2. The second-order valence-corrected chi connectivity index (χ2v) is 11.2. The Bertz CT molecular complexity index is 1330. The molecule has 0 aromatic heterocycles. The average Bonchev–Trinajstić information content (AvgIpc) is 2.89. The fraction of sp³-hybridized carbons (Fsp3) is 0.259. The molecular weight excluding hydrogens is 498 g/mol. The Balaban J connectivity index is 1.45. The molecular formula is C27H28ClN3O4S. The highest BCUT2D eigenvalue weighted by Gasteiger charge is 2.33. The predicted octanol–water partition coefficient (Wildman–Crippen LogP) is 4.87. The summed E-state index contributed by atoms with van der Waals surface area (Å²) in [5.74, 6) is -1.17. The van der Waals surface area contributed by atoms with Crippen molar-refractivity contribution in [3.05, 3.63) is 95.0 Å². The predicted molar refractivity (Wildman–Crippen MR) is 140 cm³/mol. The van der Waals surface area contributed by atoms with Crippen LogP contribution in [0.2, 0.25) is 5.02 Å². The fourth-order valence-electron chi connectivity index (χ4n) is 4.25. The van der Waals surface area contributed by atoms with E-state index in [1.54, 1.807) is 24.3 Å². The van der Waals surface area contributed by atoms with Gasteiger partial charge in [0.25, 0.3) is 5.91 Å². The van der Waals surface area contributed by atoms with Gasteiger partial charge in [0.15, 0.2) is 0 Å². The first-order valence-corrected chi connectivity index (χ1v) is 13.6. The van der Waals surface area contributed by atoms with Crippen LogP contribution < -0.4 is 10.6 Å². The lowest BCUT2D eigenvalue weighted by atomic mass is 9.98. The summed E-state index contributed by atoms with van der Waals surface area (Å²) in [5, 5.41) is 6.27. The Morgan fingerprint density at radius 3 is 2.36 bits per heavy atom. The molecule has 0 bridgehead atoms. The number of nitrogens with one attached hydrogen (secondary N) is 2. The van der Waals surface area contributed by atoms with E-state index in [9.17, 15) is 18.0 Å². The van der Waals surface area contributed by atoms with Crippen molar-refractivity contribution in [2.75, 3.05) is 18.4 Å². The number of halogens is 1. The lowest BCUT2D eigenvalue weighted by Gasteiger charge is -2.31. The largest absolute Gasteiger partial charge is 0.345 e. The molecule has 1 aliphatic rings. The van der Waals surface area contributed by atoms with E-state index in [4.69, 9.17) is 11.6 Å². The van der Waals surface area contributed by atoms with Gasteiger partial charge in [0, 0.05) is 18.1 Å². The first-order chi connectivity index (χ1) is 17.3. The summed E-state index contributed by atoms with van der Waals surface area (Å²) >= 11 is 5.89. The van der Waals surface area contributed by atoms with E-state index < -0.39 is 15.9 Å². The number of piperidine rings is 1. The van der Waals surface area contributed by atoms with Crippen molar-refractivity contribution in [2.24, 2.45) is 5.92 Å². The first kappa shape index (κ1) is 25.9. The van der Waals surface area contributed by atoms with Gasteiger partial charge in [0.05, 0.1) is 28.1 Å². The van der Waals surface area contributed by atoms with Crippen molar-refractivity contribution in [3.63, 3.8) is 0 Å². The maximum absolute atomic E-state index is 13.2. The van der Waals surface area contributed by atoms with E-state index in [0.29, 0.717) is 35.7 Å². The second kappa shape index (κ2) is 11.2. The maximum atomic E-state index is 13.2. The number of carbonyl (C=O) groups is 2. The van der Waals surface area contributed by atoms with Gasteiger partial charge in [-0.3, -0.25) is 9.59 Å². The van der Waals surface area contributed by atoms with Crippen molar-refractivity contribution in [3.8, 4) is 0 Å². The SMILES string of the molecule is C[C@@H](NC(=O)c1ccccc1NC(=O)[C@@H]1CCCN(S(=O)(=O)c2ccc(Cl)cc2)C1)c1ccccc1. The Hall–Kier alpha value is -3.20. The molecule has 1 fully saturated rings. The minimum atomic E-state index is -3.75. The molecule has 0 aliphatic carbocycles. The number of anilines is 1. The van der Waals surface area contributed by atoms with Crippen LogP contribution in [0.3, 0.4) is 0 Å². The Kier molecular flexibility index (Phi) is 8.08. The zero-order valence-electron chi connectivity index (χ0n) is 19.9. The molecule has 1 saturated heterocycles. The smallest absolute Gasteiger partial charge is 0.253 e. The normalized spacial score (nSPS) is 17.2. The van der Waals surface area contributed by atoms with Crippen LogP contribution in [-0.2, 0) is 14.8 Å². The van der Waals surface area contributed by atoms with Gasteiger partial charge in [0.1, 0.15) is 0 Å². The number of para-hydroxylation sites is 1. The highest BCUT2D eigenvalue weighted by atomic mass is 35.5.